The second-order valence-electron chi connectivity index (χ2n) is 5.51. The lowest BCUT2D eigenvalue weighted by Gasteiger charge is -2.40. The van der Waals surface area contributed by atoms with Crippen molar-refractivity contribution in [2.45, 2.75) is 51.5 Å². The zero-order valence-corrected chi connectivity index (χ0v) is 10.3. The fraction of sp³-hybridized carbons (Fsp3) is 0.923. The Labute approximate surface area is 98.4 Å². The maximum Gasteiger partial charge on any atom is 0.223 e. The molecule has 0 spiro atoms. The van der Waals surface area contributed by atoms with Gasteiger partial charge in [0.2, 0.25) is 5.91 Å². The molecule has 2 N–H and O–H groups in total. The fourth-order valence-corrected chi connectivity index (χ4v) is 2.98. The molecular formula is C13H24N2O. The third-order valence-corrected chi connectivity index (χ3v) is 4.37. The van der Waals surface area contributed by atoms with Gasteiger partial charge in [0.05, 0.1) is 0 Å². The van der Waals surface area contributed by atoms with Crippen LogP contribution in [0, 0.1) is 11.8 Å². The molecule has 1 aliphatic heterocycles. The Bertz CT molecular complexity index is 250. The number of nitrogens with two attached hydrogens (primary N) is 1. The van der Waals surface area contributed by atoms with E-state index in [-0.39, 0.29) is 0 Å². The average molecular weight is 224 g/mol. The normalized spacial score (nSPS) is 31.2. The van der Waals surface area contributed by atoms with Crippen molar-refractivity contribution in [2.75, 3.05) is 13.1 Å². The van der Waals surface area contributed by atoms with Gasteiger partial charge in [0, 0.05) is 25.6 Å². The predicted octanol–water partition coefficient (Wildman–Crippen LogP) is 1.76. The van der Waals surface area contributed by atoms with Crippen LogP contribution < -0.4 is 5.73 Å². The Morgan fingerprint density at radius 3 is 2.62 bits per heavy atom. The lowest BCUT2D eigenvalue weighted by atomic mass is 9.82. The summed E-state index contributed by atoms with van der Waals surface area (Å²) < 4.78 is 0. The Hall–Kier alpha value is -0.570. The number of piperidine rings is 1. The maximum absolute atomic E-state index is 12.2. The summed E-state index contributed by atoms with van der Waals surface area (Å²) in [5.41, 5.74) is 5.81. The first-order chi connectivity index (χ1) is 7.72. The van der Waals surface area contributed by atoms with Gasteiger partial charge in [-0.2, -0.15) is 0 Å². The van der Waals surface area contributed by atoms with E-state index in [9.17, 15) is 4.79 Å². The van der Waals surface area contributed by atoms with Gasteiger partial charge >= 0.3 is 0 Å². The zero-order chi connectivity index (χ0) is 11.5. The van der Waals surface area contributed by atoms with Gasteiger partial charge in [-0.1, -0.05) is 13.3 Å². The Kier molecular flexibility index (Phi) is 3.85. The first-order valence-corrected chi connectivity index (χ1v) is 6.72. The van der Waals surface area contributed by atoms with Crippen LogP contribution in [0.2, 0.25) is 0 Å². The van der Waals surface area contributed by atoms with E-state index in [0.717, 1.165) is 19.4 Å². The average Bonchev–Trinajstić information content (AvgIpc) is 2.22. The minimum atomic E-state index is 0.293. The van der Waals surface area contributed by atoms with Crippen molar-refractivity contribution in [1.29, 1.82) is 0 Å². The molecule has 92 valence electrons. The summed E-state index contributed by atoms with van der Waals surface area (Å²) in [6.07, 6.45) is 6.95. The van der Waals surface area contributed by atoms with Crippen molar-refractivity contribution in [3.63, 3.8) is 0 Å². The minimum Gasteiger partial charge on any atom is -0.338 e. The lowest BCUT2D eigenvalue weighted by molar-refractivity contribution is -0.137. The number of hydrogen-bond donors (Lipinski definition) is 1. The van der Waals surface area contributed by atoms with E-state index in [1.807, 2.05) is 0 Å². The van der Waals surface area contributed by atoms with Crippen LogP contribution in [0.5, 0.6) is 0 Å². The van der Waals surface area contributed by atoms with Gasteiger partial charge < -0.3 is 10.6 Å². The van der Waals surface area contributed by atoms with E-state index in [4.69, 9.17) is 5.73 Å². The molecule has 16 heavy (non-hydrogen) atoms. The van der Waals surface area contributed by atoms with Crippen molar-refractivity contribution < 1.29 is 4.79 Å². The molecule has 3 nitrogen and oxygen atoms in total. The second-order valence-corrected chi connectivity index (χ2v) is 5.51. The molecule has 1 heterocycles. The van der Waals surface area contributed by atoms with Crippen LogP contribution in [0.4, 0.5) is 0 Å². The van der Waals surface area contributed by atoms with Crippen LogP contribution in [0.1, 0.15) is 45.4 Å². The van der Waals surface area contributed by atoms with E-state index >= 15 is 0 Å². The van der Waals surface area contributed by atoms with Crippen LogP contribution >= 0.6 is 0 Å². The third-order valence-electron chi connectivity index (χ3n) is 4.37. The van der Waals surface area contributed by atoms with Crippen molar-refractivity contribution in [3.8, 4) is 0 Å². The van der Waals surface area contributed by atoms with E-state index in [1.165, 1.54) is 25.7 Å². The van der Waals surface area contributed by atoms with E-state index in [0.29, 0.717) is 30.3 Å². The molecule has 0 radical (unpaired) electrons. The number of hydrogen-bond acceptors (Lipinski definition) is 2. The van der Waals surface area contributed by atoms with Gasteiger partial charge in [-0.15, -0.1) is 0 Å². The maximum atomic E-state index is 12.2. The predicted molar refractivity (Wildman–Crippen MR) is 64.9 cm³/mol. The Morgan fingerprint density at radius 2 is 2.06 bits per heavy atom. The molecule has 0 aromatic carbocycles. The summed E-state index contributed by atoms with van der Waals surface area (Å²) in [6.45, 7) is 3.77. The first kappa shape index (κ1) is 11.9. The summed E-state index contributed by atoms with van der Waals surface area (Å²) in [5, 5.41) is 0. The molecule has 1 aliphatic carbocycles. The molecule has 0 bridgehead atoms. The summed E-state index contributed by atoms with van der Waals surface area (Å²) in [6, 6.07) is 0.293. The Morgan fingerprint density at radius 1 is 1.31 bits per heavy atom. The quantitative estimate of drug-likeness (QED) is 0.794. The van der Waals surface area contributed by atoms with E-state index < -0.39 is 0 Å². The van der Waals surface area contributed by atoms with Crippen molar-refractivity contribution in [3.05, 3.63) is 0 Å². The summed E-state index contributed by atoms with van der Waals surface area (Å²) in [7, 11) is 0. The number of carbonyl (C=O) groups excluding carboxylic acids is 1. The zero-order valence-electron chi connectivity index (χ0n) is 10.3. The molecule has 3 heteroatoms. The summed E-state index contributed by atoms with van der Waals surface area (Å²) >= 11 is 0. The largest absolute Gasteiger partial charge is 0.338 e. The third kappa shape index (κ3) is 2.40. The molecule has 0 aromatic rings. The van der Waals surface area contributed by atoms with Crippen LogP contribution in [-0.2, 0) is 4.79 Å². The molecule has 2 unspecified atom stereocenters. The van der Waals surface area contributed by atoms with Gasteiger partial charge in [0.25, 0.3) is 0 Å². The molecule has 0 aromatic heterocycles. The highest BCUT2D eigenvalue weighted by molar-refractivity contribution is 5.77. The van der Waals surface area contributed by atoms with Gasteiger partial charge in [-0.3, -0.25) is 4.79 Å². The van der Waals surface area contributed by atoms with Crippen LogP contribution in [0.25, 0.3) is 0 Å². The van der Waals surface area contributed by atoms with Gasteiger partial charge in [-0.05, 0) is 37.5 Å². The standard InChI is InChI=1S/C13H24N2O/c1-10-4-3-7-15(12(10)9-14)13(16)8-11-5-2-6-11/h10-12H,2-9,14H2,1H3. The minimum absolute atomic E-state index is 0.293. The molecule has 2 atom stereocenters. The molecule has 2 aliphatic rings. The van der Waals surface area contributed by atoms with Crippen molar-refractivity contribution in [2.24, 2.45) is 17.6 Å². The van der Waals surface area contributed by atoms with E-state index in [1.54, 1.807) is 0 Å². The highest BCUT2D eigenvalue weighted by Crippen LogP contribution is 2.31. The molecule has 1 saturated carbocycles. The van der Waals surface area contributed by atoms with Crippen LogP contribution in [-0.4, -0.2) is 29.9 Å². The van der Waals surface area contributed by atoms with Crippen LogP contribution in [0.15, 0.2) is 0 Å². The summed E-state index contributed by atoms with van der Waals surface area (Å²) in [5.74, 6) is 1.60. The monoisotopic (exact) mass is 224 g/mol. The van der Waals surface area contributed by atoms with Crippen molar-refractivity contribution in [1.82, 2.24) is 4.90 Å². The van der Waals surface area contributed by atoms with Crippen LogP contribution in [0.3, 0.4) is 0 Å². The fourth-order valence-electron chi connectivity index (χ4n) is 2.98. The van der Waals surface area contributed by atoms with Gasteiger partial charge in [0.1, 0.15) is 0 Å². The highest BCUT2D eigenvalue weighted by Gasteiger charge is 2.32. The van der Waals surface area contributed by atoms with Crippen molar-refractivity contribution >= 4 is 5.91 Å². The van der Waals surface area contributed by atoms with Gasteiger partial charge in [0.15, 0.2) is 0 Å². The number of rotatable bonds is 3. The topological polar surface area (TPSA) is 46.3 Å². The number of likely N-dealkylation sites (tertiary alicyclic amines) is 1. The summed E-state index contributed by atoms with van der Waals surface area (Å²) in [4.78, 5) is 14.2. The smallest absolute Gasteiger partial charge is 0.223 e. The number of amides is 1. The molecule has 2 rings (SSSR count). The Balaban J connectivity index is 1.91. The second kappa shape index (κ2) is 5.17. The molecule has 1 amide bonds. The number of nitrogens with zero attached hydrogens (tertiary/aromatic N) is 1. The molecular weight excluding hydrogens is 200 g/mol. The molecule has 2 fully saturated rings. The molecule has 1 saturated heterocycles. The number of carbonyl (C=O) groups is 1. The lowest BCUT2D eigenvalue weighted by Crippen LogP contribution is -2.51. The highest BCUT2D eigenvalue weighted by atomic mass is 16.2. The van der Waals surface area contributed by atoms with E-state index in [2.05, 4.69) is 11.8 Å². The SMILES string of the molecule is CC1CCCN(C(=O)CC2CCC2)C1CN. The van der Waals surface area contributed by atoms with Gasteiger partial charge in [-0.25, -0.2) is 0 Å². The first-order valence-electron chi connectivity index (χ1n) is 6.72.